The molecule has 5 nitrogen and oxygen atoms in total. The number of carbonyl (C=O) groups is 1. The first-order chi connectivity index (χ1) is 14.6. The minimum Gasteiger partial charge on any atom is -0.387 e. The number of anilines is 1. The van der Waals surface area contributed by atoms with Gasteiger partial charge in [0.05, 0.1) is 0 Å². The Bertz CT molecular complexity index is 906. The summed E-state index contributed by atoms with van der Waals surface area (Å²) >= 11 is 0. The van der Waals surface area contributed by atoms with E-state index in [0.29, 0.717) is 0 Å². The van der Waals surface area contributed by atoms with E-state index in [2.05, 4.69) is 53.6 Å². The number of carbonyl (C=O) groups excluding carboxylic acids is 1. The molecule has 0 aliphatic carbocycles. The first-order valence-corrected chi connectivity index (χ1v) is 10.6. The lowest BCUT2D eigenvalue weighted by molar-refractivity contribution is -0.112. The second-order valence-electron chi connectivity index (χ2n) is 8.07. The summed E-state index contributed by atoms with van der Waals surface area (Å²) in [6.45, 7) is 7.12. The van der Waals surface area contributed by atoms with Crippen molar-refractivity contribution >= 4 is 11.6 Å². The van der Waals surface area contributed by atoms with Crippen molar-refractivity contribution in [3.63, 3.8) is 0 Å². The number of benzene rings is 2. The van der Waals surface area contributed by atoms with Crippen LogP contribution < -0.4 is 10.6 Å². The minimum atomic E-state index is -0.375. The number of likely N-dealkylation sites (tertiary alicyclic amines) is 1. The molecule has 2 aromatic rings. The highest BCUT2D eigenvalue weighted by Crippen LogP contribution is 2.24. The molecule has 1 saturated heterocycles. The van der Waals surface area contributed by atoms with Crippen LogP contribution in [0.1, 0.15) is 43.7 Å². The summed E-state index contributed by atoms with van der Waals surface area (Å²) in [5, 5.41) is 15.6. The molecule has 0 spiro atoms. The summed E-state index contributed by atoms with van der Waals surface area (Å²) in [5.74, 6) is -0.0881. The number of hydrogen-bond donors (Lipinski definition) is 2. The second-order valence-corrected chi connectivity index (χ2v) is 8.07. The van der Waals surface area contributed by atoms with Gasteiger partial charge in [-0.1, -0.05) is 62.4 Å². The fraction of sp³-hybridized carbons (Fsp3) is 0.360. The van der Waals surface area contributed by atoms with E-state index in [0.717, 1.165) is 43.7 Å². The van der Waals surface area contributed by atoms with Crippen molar-refractivity contribution < 1.29 is 4.79 Å². The smallest absolute Gasteiger partial charge is 0.267 e. The Morgan fingerprint density at radius 2 is 1.80 bits per heavy atom. The van der Waals surface area contributed by atoms with Crippen molar-refractivity contribution in [2.24, 2.45) is 0 Å². The van der Waals surface area contributed by atoms with Gasteiger partial charge in [0.15, 0.2) is 0 Å². The Morgan fingerprint density at radius 1 is 1.13 bits per heavy atom. The Kier molecular flexibility index (Phi) is 7.64. The molecule has 156 valence electrons. The van der Waals surface area contributed by atoms with Gasteiger partial charge in [-0.25, -0.2) is 0 Å². The highest BCUT2D eigenvalue weighted by atomic mass is 16.1. The van der Waals surface area contributed by atoms with Crippen LogP contribution in [0.4, 0.5) is 5.69 Å². The van der Waals surface area contributed by atoms with E-state index < -0.39 is 0 Å². The van der Waals surface area contributed by atoms with Crippen LogP contribution in [-0.2, 0) is 11.3 Å². The zero-order chi connectivity index (χ0) is 21.3. The number of nitrogens with zero attached hydrogens (tertiary/aromatic N) is 2. The fourth-order valence-electron chi connectivity index (χ4n) is 3.75. The van der Waals surface area contributed by atoms with E-state index in [4.69, 9.17) is 0 Å². The van der Waals surface area contributed by atoms with Gasteiger partial charge in [0.25, 0.3) is 5.91 Å². The second kappa shape index (κ2) is 10.6. The summed E-state index contributed by atoms with van der Waals surface area (Å²) < 4.78 is 0. The van der Waals surface area contributed by atoms with Gasteiger partial charge in [0.2, 0.25) is 0 Å². The molecule has 30 heavy (non-hydrogen) atoms. The van der Waals surface area contributed by atoms with Crippen molar-refractivity contribution in [2.45, 2.75) is 45.2 Å². The molecule has 1 fully saturated rings. The van der Waals surface area contributed by atoms with Crippen molar-refractivity contribution in [3.8, 4) is 6.07 Å². The van der Waals surface area contributed by atoms with Gasteiger partial charge < -0.3 is 10.6 Å². The number of nitriles is 1. The van der Waals surface area contributed by atoms with Crippen LogP contribution in [0.15, 0.2) is 66.4 Å². The van der Waals surface area contributed by atoms with E-state index in [1.54, 1.807) is 6.20 Å². The Labute approximate surface area is 179 Å². The van der Waals surface area contributed by atoms with Crippen LogP contribution in [0.5, 0.6) is 0 Å². The lowest BCUT2D eigenvalue weighted by atomic mass is 10.0. The average Bonchev–Trinajstić information content (AvgIpc) is 2.76. The Hall–Kier alpha value is -3.10. The summed E-state index contributed by atoms with van der Waals surface area (Å²) in [6, 6.07) is 20.5. The topological polar surface area (TPSA) is 68.2 Å². The van der Waals surface area contributed by atoms with Crippen molar-refractivity contribution in [1.82, 2.24) is 10.2 Å². The third kappa shape index (κ3) is 5.95. The first-order valence-electron chi connectivity index (χ1n) is 10.6. The van der Waals surface area contributed by atoms with E-state index in [9.17, 15) is 10.1 Å². The van der Waals surface area contributed by atoms with Gasteiger partial charge in [-0.2, -0.15) is 5.26 Å². The van der Waals surface area contributed by atoms with Crippen LogP contribution in [0, 0.1) is 11.3 Å². The summed E-state index contributed by atoms with van der Waals surface area (Å²) in [7, 11) is 0. The quantitative estimate of drug-likeness (QED) is 0.532. The Morgan fingerprint density at radius 3 is 2.47 bits per heavy atom. The van der Waals surface area contributed by atoms with Gasteiger partial charge in [-0.15, -0.1) is 0 Å². The zero-order valence-electron chi connectivity index (χ0n) is 17.8. The van der Waals surface area contributed by atoms with Crippen molar-refractivity contribution in [1.29, 1.82) is 5.26 Å². The number of piperidine rings is 1. The van der Waals surface area contributed by atoms with Gasteiger partial charge in [-0.3, -0.25) is 9.69 Å². The Balaban J connectivity index is 1.52. The number of amides is 1. The molecule has 2 aromatic carbocycles. The third-order valence-electron chi connectivity index (χ3n) is 5.50. The molecule has 0 radical (unpaired) electrons. The lowest BCUT2D eigenvalue weighted by Gasteiger charge is -2.32. The van der Waals surface area contributed by atoms with Gasteiger partial charge in [-0.05, 0) is 36.0 Å². The number of para-hydroxylation sites is 1. The predicted octanol–water partition coefficient (Wildman–Crippen LogP) is 4.41. The maximum Gasteiger partial charge on any atom is 0.267 e. The minimum absolute atomic E-state index is 0.0975. The lowest BCUT2D eigenvalue weighted by Crippen LogP contribution is -2.40. The monoisotopic (exact) mass is 402 g/mol. The number of hydrogen-bond acceptors (Lipinski definition) is 4. The highest BCUT2D eigenvalue weighted by Gasteiger charge is 2.19. The summed E-state index contributed by atoms with van der Waals surface area (Å²) in [6.07, 6.45) is 3.55. The number of nitrogens with one attached hydrogen (secondary N) is 2. The van der Waals surface area contributed by atoms with Gasteiger partial charge in [0.1, 0.15) is 11.6 Å². The normalized spacial score (nSPS) is 15.6. The maximum atomic E-state index is 12.6. The molecule has 0 aromatic heterocycles. The van der Waals surface area contributed by atoms with Gasteiger partial charge in [0, 0.05) is 37.6 Å². The van der Waals surface area contributed by atoms with E-state index in [-0.39, 0.29) is 23.4 Å². The molecule has 1 aliphatic heterocycles. The van der Waals surface area contributed by atoms with E-state index in [1.165, 1.54) is 5.56 Å². The summed E-state index contributed by atoms with van der Waals surface area (Å²) in [4.78, 5) is 15.0. The van der Waals surface area contributed by atoms with E-state index in [1.807, 2.05) is 36.4 Å². The maximum absolute atomic E-state index is 12.6. The molecule has 2 N–H and O–H groups in total. The fourth-order valence-corrected chi connectivity index (χ4v) is 3.75. The van der Waals surface area contributed by atoms with E-state index >= 15 is 0 Å². The first kappa shape index (κ1) is 21.6. The molecule has 3 rings (SSSR count). The van der Waals surface area contributed by atoms with Crippen LogP contribution in [0.25, 0.3) is 0 Å². The molecule has 0 bridgehead atoms. The molecular weight excluding hydrogens is 372 g/mol. The molecule has 1 aliphatic rings. The molecule has 0 unspecified atom stereocenters. The number of rotatable bonds is 7. The van der Waals surface area contributed by atoms with Gasteiger partial charge >= 0.3 is 0 Å². The SMILES string of the molecule is CC(C)c1ccccc1NC(=O)/C(C#N)=C\NC1CCN(Cc2ccccc2)CC1. The average molecular weight is 403 g/mol. The third-order valence-corrected chi connectivity index (χ3v) is 5.50. The molecule has 0 saturated carbocycles. The molecular formula is C25H30N4O. The van der Waals surface area contributed by atoms with Crippen LogP contribution >= 0.6 is 0 Å². The summed E-state index contributed by atoms with van der Waals surface area (Å²) in [5.41, 5.74) is 3.24. The molecule has 1 heterocycles. The molecule has 0 atom stereocenters. The van der Waals surface area contributed by atoms with Crippen LogP contribution in [-0.4, -0.2) is 29.9 Å². The standard InChI is InChI=1S/C25H30N4O/c1-19(2)23-10-6-7-11-24(23)28-25(30)21(16-26)17-27-22-12-14-29(15-13-22)18-20-8-4-3-5-9-20/h3-11,17,19,22,27H,12-15,18H2,1-2H3,(H,28,30)/b21-17-. The largest absolute Gasteiger partial charge is 0.387 e. The predicted molar refractivity (Wildman–Crippen MR) is 121 cm³/mol. The molecule has 5 heteroatoms. The van der Waals surface area contributed by atoms with Crippen LogP contribution in [0.2, 0.25) is 0 Å². The molecule has 1 amide bonds. The van der Waals surface area contributed by atoms with Crippen LogP contribution in [0.3, 0.4) is 0 Å². The highest BCUT2D eigenvalue weighted by molar-refractivity contribution is 6.06. The van der Waals surface area contributed by atoms with Crippen molar-refractivity contribution in [3.05, 3.63) is 77.5 Å². The zero-order valence-corrected chi connectivity index (χ0v) is 17.8. The van der Waals surface area contributed by atoms with Crippen molar-refractivity contribution in [2.75, 3.05) is 18.4 Å².